The first-order valence-corrected chi connectivity index (χ1v) is 13.8. The zero-order valence-corrected chi connectivity index (χ0v) is 24.1. The standard InChI is InChI=1S/C32H29N3O6S/c1-39-22-13-9-19(10-14-22)17-24-30(37)35-28(33)26(32(38)41-3)25(21-11-15-23(40-2)16-12-21)27(31(35)42-24)29(36)34-18-20-7-5-4-6-8-20/h4-17,25H,18,33H2,1-3H3,(H,34,36)/b24-17+. The van der Waals surface area contributed by atoms with Crippen molar-refractivity contribution < 1.29 is 23.8 Å². The first-order chi connectivity index (χ1) is 20.4. The molecule has 1 atom stereocenters. The Morgan fingerprint density at radius 2 is 1.52 bits per heavy atom. The second-order valence-electron chi connectivity index (χ2n) is 9.41. The summed E-state index contributed by atoms with van der Waals surface area (Å²) in [5.74, 6) is -0.910. The summed E-state index contributed by atoms with van der Waals surface area (Å²) in [5, 5.41) is 2.97. The maximum absolute atomic E-state index is 14.0. The number of fused-ring (bicyclic) bond motifs is 1. The first kappa shape index (κ1) is 28.4. The number of nitrogens with zero attached hydrogens (tertiary/aromatic N) is 1. The number of rotatable bonds is 8. The summed E-state index contributed by atoms with van der Waals surface area (Å²) >= 11 is 1.13. The molecule has 214 valence electrons. The van der Waals surface area contributed by atoms with E-state index in [2.05, 4.69) is 5.32 Å². The van der Waals surface area contributed by atoms with Gasteiger partial charge in [-0.25, -0.2) is 4.79 Å². The average Bonchev–Trinajstić information content (AvgIpc) is 3.35. The zero-order chi connectivity index (χ0) is 29.8. The van der Waals surface area contributed by atoms with Crippen LogP contribution in [0, 0.1) is 0 Å². The van der Waals surface area contributed by atoms with Crippen LogP contribution in [0.5, 0.6) is 11.5 Å². The van der Waals surface area contributed by atoms with Gasteiger partial charge in [-0.15, -0.1) is 11.3 Å². The monoisotopic (exact) mass is 583 g/mol. The van der Waals surface area contributed by atoms with Crippen molar-refractivity contribution >= 4 is 40.7 Å². The molecule has 1 aliphatic heterocycles. The normalized spacial score (nSPS) is 14.8. The van der Waals surface area contributed by atoms with E-state index < -0.39 is 23.4 Å². The molecule has 2 heterocycles. The smallest absolute Gasteiger partial charge is 0.338 e. The summed E-state index contributed by atoms with van der Waals surface area (Å²) in [4.78, 5) is 41.1. The molecule has 3 aromatic carbocycles. The maximum atomic E-state index is 14.0. The fourth-order valence-electron chi connectivity index (χ4n) is 4.83. The molecular formula is C32H29N3O6S. The Hall–Kier alpha value is -5.09. The molecule has 3 N–H and O–H groups in total. The molecular weight excluding hydrogens is 554 g/mol. The third-order valence-corrected chi connectivity index (χ3v) is 8.06. The molecule has 10 heteroatoms. The van der Waals surface area contributed by atoms with Gasteiger partial charge >= 0.3 is 5.97 Å². The first-order valence-electron chi connectivity index (χ1n) is 13.0. The third kappa shape index (κ3) is 5.44. The summed E-state index contributed by atoms with van der Waals surface area (Å²) in [6.07, 6.45) is 1.71. The van der Waals surface area contributed by atoms with Crippen molar-refractivity contribution in [1.82, 2.24) is 9.88 Å². The minimum Gasteiger partial charge on any atom is -0.497 e. The number of aromatic nitrogens is 1. The Morgan fingerprint density at radius 3 is 2.12 bits per heavy atom. The second kappa shape index (κ2) is 12.2. The van der Waals surface area contributed by atoms with Crippen molar-refractivity contribution in [2.75, 3.05) is 21.3 Å². The van der Waals surface area contributed by atoms with Crippen LogP contribution in [0.1, 0.15) is 22.6 Å². The molecule has 0 saturated heterocycles. The number of nitrogens with one attached hydrogen (secondary N) is 1. The predicted octanol–water partition coefficient (Wildman–Crippen LogP) is 2.32. The number of hydrogen-bond acceptors (Lipinski definition) is 8. The van der Waals surface area contributed by atoms with Crippen molar-refractivity contribution in [3.63, 3.8) is 0 Å². The largest absolute Gasteiger partial charge is 0.497 e. The molecule has 0 bridgehead atoms. The Morgan fingerprint density at radius 1 is 0.905 bits per heavy atom. The van der Waals surface area contributed by atoms with Gasteiger partial charge in [0, 0.05) is 6.54 Å². The molecule has 1 aliphatic rings. The molecule has 0 spiro atoms. The van der Waals surface area contributed by atoms with Crippen LogP contribution < -0.4 is 35.3 Å². The third-order valence-electron chi connectivity index (χ3n) is 6.96. The van der Waals surface area contributed by atoms with Crippen LogP contribution in [0.4, 0.5) is 0 Å². The van der Waals surface area contributed by atoms with E-state index in [1.54, 1.807) is 56.7 Å². The number of amides is 1. The zero-order valence-electron chi connectivity index (χ0n) is 23.2. The van der Waals surface area contributed by atoms with E-state index in [1.165, 1.54) is 11.7 Å². The van der Waals surface area contributed by atoms with Crippen LogP contribution in [-0.4, -0.2) is 37.8 Å². The minimum absolute atomic E-state index is 0.00377. The molecule has 42 heavy (non-hydrogen) atoms. The summed E-state index contributed by atoms with van der Waals surface area (Å²) in [7, 11) is 4.36. The predicted molar refractivity (Wildman–Crippen MR) is 161 cm³/mol. The van der Waals surface area contributed by atoms with Crippen molar-refractivity contribution in [1.29, 1.82) is 0 Å². The van der Waals surface area contributed by atoms with Crippen LogP contribution in [0.15, 0.2) is 89.2 Å². The van der Waals surface area contributed by atoms with E-state index in [-0.39, 0.29) is 23.5 Å². The van der Waals surface area contributed by atoms with Gasteiger partial charge in [-0.2, -0.15) is 0 Å². The summed E-state index contributed by atoms with van der Waals surface area (Å²) in [6.45, 7) is 0.242. The van der Waals surface area contributed by atoms with Gasteiger partial charge in [0.15, 0.2) is 0 Å². The molecule has 0 fully saturated rings. The number of esters is 1. The number of carbonyl (C=O) groups excluding carboxylic acids is 2. The lowest BCUT2D eigenvalue weighted by Gasteiger charge is -2.27. The molecule has 9 nitrogen and oxygen atoms in total. The Bertz CT molecular complexity index is 1840. The van der Waals surface area contributed by atoms with Gasteiger partial charge in [0.2, 0.25) is 0 Å². The van der Waals surface area contributed by atoms with Crippen LogP contribution in [0.3, 0.4) is 0 Å². The van der Waals surface area contributed by atoms with E-state index in [0.717, 1.165) is 22.5 Å². The fraction of sp³-hybridized carbons (Fsp3) is 0.156. The van der Waals surface area contributed by atoms with Gasteiger partial charge in [0.1, 0.15) is 22.0 Å². The highest BCUT2D eigenvalue weighted by molar-refractivity contribution is 7.07. The highest BCUT2D eigenvalue weighted by atomic mass is 32.1. The van der Waals surface area contributed by atoms with Gasteiger partial charge in [0.25, 0.3) is 11.5 Å². The number of methoxy groups -OCH3 is 3. The summed E-state index contributed by atoms with van der Waals surface area (Å²) in [6, 6.07) is 23.6. The van der Waals surface area contributed by atoms with Gasteiger partial charge < -0.3 is 25.3 Å². The molecule has 5 rings (SSSR count). The SMILES string of the molecule is COC(=O)C1=C(N)n2c(s/c(=C/c3ccc(OC)cc3)c2=O)=C(C(=O)NCc2ccccc2)C1c1ccc(OC)cc1. The number of benzene rings is 3. The highest BCUT2D eigenvalue weighted by Crippen LogP contribution is 2.37. The molecule has 0 radical (unpaired) electrons. The van der Waals surface area contributed by atoms with E-state index in [4.69, 9.17) is 19.9 Å². The topological polar surface area (TPSA) is 122 Å². The van der Waals surface area contributed by atoms with Gasteiger partial charge in [-0.3, -0.25) is 14.2 Å². The van der Waals surface area contributed by atoms with Gasteiger partial charge in [0.05, 0.1) is 42.9 Å². The lowest BCUT2D eigenvalue weighted by molar-refractivity contribution is -0.136. The van der Waals surface area contributed by atoms with Crippen molar-refractivity contribution in [3.05, 3.63) is 121 Å². The molecule has 1 amide bonds. The molecule has 4 aromatic rings. The molecule has 1 unspecified atom stereocenters. The van der Waals surface area contributed by atoms with Crippen molar-refractivity contribution in [3.8, 4) is 11.5 Å². The lowest BCUT2D eigenvalue weighted by Crippen LogP contribution is -2.43. The average molecular weight is 584 g/mol. The maximum Gasteiger partial charge on any atom is 0.338 e. The van der Waals surface area contributed by atoms with Crippen LogP contribution in [-0.2, 0) is 20.9 Å². The lowest BCUT2D eigenvalue weighted by atomic mass is 9.82. The Balaban J connectivity index is 1.76. The second-order valence-corrected chi connectivity index (χ2v) is 10.4. The molecule has 0 aliphatic carbocycles. The van der Waals surface area contributed by atoms with E-state index in [1.807, 2.05) is 42.5 Å². The van der Waals surface area contributed by atoms with E-state index in [0.29, 0.717) is 26.3 Å². The number of ether oxygens (including phenoxy) is 3. The minimum atomic E-state index is -0.911. The molecule has 0 saturated carbocycles. The van der Waals surface area contributed by atoms with Crippen molar-refractivity contribution in [2.45, 2.75) is 12.5 Å². The van der Waals surface area contributed by atoms with Crippen LogP contribution >= 0.6 is 11.3 Å². The van der Waals surface area contributed by atoms with Crippen LogP contribution in [0.25, 0.3) is 17.5 Å². The van der Waals surface area contributed by atoms with Crippen molar-refractivity contribution in [2.24, 2.45) is 5.73 Å². The number of thiazole rings is 1. The Kier molecular flexibility index (Phi) is 8.26. The fourth-order valence-corrected chi connectivity index (χ4v) is 6.01. The number of nitrogens with two attached hydrogens (primary N) is 1. The van der Waals surface area contributed by atoms with E-state index in [9.17, 15) is 14.4 Å². The summed E-state index contributed by atoms with van der Waals surface area (Å²) in [5.41, 5.74) is 8.58. The quantitative estimate of drug-likeness (QED) is 0.306. The number of carbonyl (C=O) groups is 2. The summed E-state index contributed by atoms with van der Waals surface area (Å²) < 4.78 is 17.6. The molecule has 1 aromatic heterocycles. The van der Waals surface area contributed by atoms with Crippen LogP contribution in [0.2, 0.25) is 0 Å². The Labute approximate surface area is 245 Å². The van der Waals surface area contributed by atoms with Gasteiger partial charge in [-0.05, 0) is 47.0 Å². The van der Waals surface area contributed by atoms with Gasteiger partial charge in [-0.1, -0.05) is 54.6 Å². The van der Waals surface area contributed by atoms with E-state index >= 15 is 0 Å². The highest BCUT2D eigenvalue weighted by Gasteiger charge is 2.39. The number of hydrogen-bond donors (Lipinski definition) is 2.